The Morgan fingerprint density at radius 3 is 1.16 bits per heavy atom. The molecular formula is C41H50N2O6S. The Bertz CT molecular complexity index is 1390. The SMILES string of the molecule is COCCOCO[C@H]1[C@@H](Cc2ccccc2)N(Cc2ccccc2)C(=S)N(Cc2ccccc2)C(Cc2ccccc2)[C@@H]1OCOCCOC. The minimum Gasteiger partial charge on any atom is -0.382 e. The van der Waals surface area contributed by atoms with Crippen molar-refractivity contribution < 1.29 is 28.4 Å². The van der Waals surface area contributed by atoms with Crippen LogP contribution in [0.2, 0.25) is 0 Å². The van der Waals surface area contributed by atoms with Crippen LogP contribution in [0.1, 0.15) is 22.3 Å². The van der Waals surface area contributed by atoms with Gasteiger partial charge in [0.25, 0.3) is 0 Å². The second-order valence-electron chi connectivity index (χ2n) is 12.3. The third-order valence-electron chi connectivity index (χ3n) is 8.89. The van der Waals surface area contributed by atoms with Crippen molar-refractivity contribution in [3.05, 3.63) is 144 Å². The van der Waals surface area contributed by atoms with E-state index in [0.29, 0.717) is 52.4 Å². The molecule has 0 aliphatic carbocycles. The zero-order valence-corrected chi connectivity index (χ0v) is 30.0. The Labute approximate surface area is 302 Å². The van der Waals surface area contributed by atoms with Gasteiger partial charge >= 0.3 is 0 Å². The lowest BCUT2D eigenvalue weighted by molar-refractivity contribution is -0.192. The van der Waals surface area contributed by atoms with Gasteiger partial charge in [0.15, 0.2) is 5.11 Å². The first-order chi connectivity index (χ1) is 24.7. The molecule has 1 aliphatic heterocycles. The zero-order chi connectivity index (χ0) is 34.8. The molecule has 0 bridgehead atoms. The van der Waals surface area contributed by atoms with E-state index in [2.05, 4.69) is 107 Å². The first-order valence-corrected chi connectivity index (χ1v) is 17.7. The summed E-state index contributed by atoms with van der Waals surface area (Å²) in [5.74, 6) is 0. The molecule has 4 aromatic carbocycles. The molecule has 0 saturated carbocycles. The summed E-state index contributed by atoms with van der Waals surface area (Å²) in [6.45, 7) is 3.12. The highest BCUT2D eigenvalue weighted by Crippen LogP contribution is 2.33. The fourth-order valence-corrected chi connectivity index (χ4v) is 6.80. The summed E-state index contributed by atoms with van der Waals surface area (Å²) >= 11 is 6.61. The van der Waals surface area contributed by atoms with E-state index in [1.54, 1.807) is 14.2 Å². The molecule has 8 nitrogen and oxygen atoms in total. The Morgan fingerprint density at radius 1 is 0.480 bits per heavy atom. The summed E-state index contributed by atoms with van der Waals surface area (Å²) in [6.07, 6.45) is 0.441. The summed E-state index contributed by atoms with van der Waals surface area (Å²) in [4.78, 5) is 4.68. The second-order valence-corrected chi connectivity index (χ2v) is 12.7. The lowest BCUT2D eigenvalue weighted by atomic mass is 9.90. The van der Waals surface area contributed by atoms with E-state index in [4.69, 9.17) is 40.6 Å². The van der Waals surface area contributed by atoms with Crippen molar-refractivity contribution in [2.45, 2.75) is 50.2 Å². The van der Waals surface area contributed by atoms with E-state index >= 15 is 0 Å². The first kappa shape index (κ1) is 37.6. The van der Waals surface area contributed by atoms with E-state index in [1.165, 1.54) is 11.1 Å². The molecule has 4 atom stereocenters. The fraction of sp³-hybridized carbons (Fsp3) is 0.390. The molecule has 0 N–H and O–H groups in total. The van der Waals surface area contributed by atoms with E-state index < -0.39 is 12.2 Å². The highest BCUT2D eigenvalue weighted by atomic mass is 32.1. The summed E-state index contributed by atoms with van der Waals surface area (Å²) in [7, 11) is 3.33. The average molecular weight is 699 g/mol. The zero-order valence-electron chi connectivity index (χ0n) is 29.2. The maximum absolute atomic E-state index is 6.86. The minimum absolute atomic E-state index is 0.0758. The summed E-state index contributed by atoms with van der Waals surface area (Å²) in [5, 5.41) is 0.750. The van der Waals surface area contributed by atoms with Crippen molar-refractivity contribution in [3.63, 3.8) is 0 Å². The van der Waals surface area contributed by atoms with Gasteiger partial charge in [0.1, 0.15) is 25.8 Å². The molecule has 0 radical (unpaired) electrons. The van der Waals surface area contributed by atoms with Crippen molar-refractivity contribution in [3.8, 4) is 0 Å². The first-order valence-electron chi connectivity index (χ1n) is 17.3. The van der Waals surface area contributed by atoms with E-state index in [9.17, 15) is 0 Å². The predicted molar refractivity (Wildman–Crippen MR) is 200 cm³/mol. The maximum Gasteiger partial charge on any atom is 0.172 e. The summed E-state index contributed by atoms with van der Waals surface area (Å²) in [6, 6.07) is 41.6. The van der Waals surface area contributed by atoms with E-state index in [-0.39, 0.29) is 25.7 Å². The molecule has 9 heteroatoms. The largest absolute Gasteiger partial charge is 0.382 e. The molecular weight excluding hydrogens is 649 g/mol. The number of nitrogens with zero attached hydrogens (tertiary/aromatic N) is 2. The van der Waals surface area contributed by atoms with Crippen molar-refractivity contribution in [2.24, 2.45) is 0 Å². The van der Waals surface area contributed by atoms with Gasteiger partial charge in [-0.15, -0.1) is 0 Å². The molecule has 5 rings (SSSR count). The smallest absolute Gasteiger partial charge is 0.172 e. The van der Waals surface area contributed by atoms with Crippen LogP contribution in [-0.4, -0.2) is 93.4 Å². The molecule has 0 amide bonds. The van der Waals surface area contributed by atoms with Crippen LogP contribution in [-0.2, 0) is 54.4 Å². The Morgan fingerprint density at radius 2 is 0.820 bits per heavy atom. The van der Waals surface area contributed by atoms with Gasteiger partial charge in [-0.3, -0.25) is 0 Å². The average Bonchev–Trinajstić information content (AvgIpc) is 3.23. The molecule has 0 spiro atoms. The number of thiocarbonyl (C=S) groups is 1. The topological polar surface area (TPSA) is 61.9 Å². The number of ether oxygens (including phenoxy) is 6. The normalized spacial score (nSPS) is 19.4. The van der Waals surface area contributed by atoms with Crippen LogP contribution in [0.5, 0.6) is 0 Å². The Hall–Kier alpha value is -3.67. The third-order valence-corrected chi connectivity index (χ3v) is 9.36. The molecule has 0 aromatic heterocycles. The third kappa shape index (κ3) is 11.2. The standard InChI is InChI=1S/C41H50N2O6S/c1-44-23-25-46-31-48-39-37(27-33-15-7-3-8-16-33)42(29-35-19-11-5-12-20-35)41(50)43(30-36-21-13-6-14-22-36)38(28-34-17-9-4-10-18-34)40(39)49-32-47-26-24-45-2/h3-22,37-40H,23-32H2,1-2H3/t37-,38?,39+,40+/m1/s1. The highest BCUT2D eigenvalue weighted by molar-refractivity contribution is 7.80. The van der Waals surface area contributed by atoms with Crippen LogP contribution in [0, 0.1) is 0 Å². The quantitative estimate of drug-likeness (QED) is 0.0583. The number of rotatable bonds is 20. The highest BCUT2D eigenvalue weighted by Gasteiger charge is 2.47. The van der Waals surface area contributed by atoms with E-state index in [1.807, 2.05) is 24.3 Å². The van der Waals surface area contributed by atoms with Gasteiger partial charge in [-0.2, -0.15) is 0 Å². The van der Waals surface area contributed by atoms with Gasteiger partial charge in [-0.1, -0.05) is 121 Å². The van der Waals surface area contributed by atoms with Gasteiger partial charge in [0, 0.05) is 27.3 Å². The molecule has 266 valence electrons. The number of hydrogen-bond acceptors (Lipinski definition) is 7. The van der Waals surface area contributed by atoms with Gasteiger partial charge < -0.3 is 38.2 Å². The number of benzene rings is 4. The summed E-state index contributed by atoms with van der Waals surface area (Å²) in [5.41, 5.74) is 4.67. The molecule has 1 heterocycles. The maximum atomic E-state index is 6.86. The van der Waals surface area contributed by atoms with Crippen LogP contribution >= 0.6 is 12.2 Å². The lowest BCUT2D eigenvalue weighted by Crippen LogP contribution is -2.53. The van der Waals surface area contributed by atoms with Crippen LogP contribution in [0.25, 0.3) is 0 Å². The van der Waals surface area contributed by atoms with Crippen LogP contribution in [0.3, 0.4) is 0 Å². The minimum atomic E-state index is -0.458. The van der Waals surface area contributed by atoms with Crippen LogP contribution < -0.4 is 0 Å². The second kappa shape index (κ2) is 20.9. The molecule has 50 heavy (non-hydrogen) atoms. The van der Waals surface area contributed by atoms with Crippen molar-refractivity contribution in [1.29, 1.82) is 0 Å². The van der Waals surface area contributed by atoms with Crippen molar-refractivity contribution in [1.82, 2.24) is 9.80 Å². The van der Waals surface area contributed by atoms with Crippen LogP contribution in [0.4, 0.5) is 0 Å². The molecule has 1 fully saturated rings. The molecule has 1 unspecified atom stereocenters. The Kier molecular flexibility index (Phi) is 15.7. The van der Waals surface area contributed by atoms with Gasteiger partial charge in [-0.25, -0.2) is 0 Å². The number of hydrogen-bond donors (Lipinski definition) is 0. The summed E-state index contributed by atoms with van der Waals surface area (Å²) < 4.78 is 36.1. The van der Waals surface area contributed by atoms with Crippen LogP contribution in [0.15, 0.2) is 121 Å². The Balaban J connectivity index is 1.64. The molecule has 1 aliphatic rings. The molecule has 4 aromatic rings. The van der Waals surface area contributed by atoms with Crippen molar-refractivity contribution in [2.75, 3.05) is 54.2 Å². The fourth-order valence-electron chi connectivity index (χ4n) is 6.40. The van der Waals surface area contributed by atoms with Gasteiger partial charge in [0.05, 0.1) is 38.5 Å². The lowest BCUT2D eigenvalue weighted by Gasteiger charge is -2.39. The van der Waals surface area contributed by atoms with E-state index in [0.717, 1.165) is 16.2 Å². The van der Waals surface area contributed by atoms with Gasteiger partial charge in [-0.05, 0) is 47.3 Å². The number of methoxy groups -OCH3 is 2. The van der Waals surface area contributed by atoms with Crippen molar-refractivity contribution >= 4 is 17.3 Å². The predicted octanol–water partition coefficient (Wildman–Crippen LogP) is 6.52. The monoisotopic (exact) mass is 698 g/mol. The van der Waals surface area contributed by atoms with Gasteiger partial charge in [0.2, 0.25) is 0 Å². The molecule has 1 saturated heterocycles.